The van der Waals surface area contributed by atoms with E-state index in [1.165, 1.54) is 17.0 Å². The lowest BCUT2D eigenvalue weighted by Crippen LogP contribution is -2.08. The van der Waals surface area contributed by atoms with Gasteiger partial charge in [-0.25, -0.2) is 4.39 Å². The summed E-state index contributed by atoms with van der Waals surface area (Å²) in [7, 11) is 3.38. The van der Waals surface area contributed by atoms with Gasteiger partial charge < -0.3 is 10.6 Å². The van der Waals surface area contributed by atoms with Crippen LogP contribution < -0.4 is 5.73 Å². The maximum Gasteiger partial charge on any atom is 0.209 e. The molecule has 0 atom stereocenters. The fraction of sp³-hybridized carbons (Fsp3) is 0.200. The zero-order chi connectivity index (χ0) is 11.8. The van der Waals surface area contributed by atoms with Crippen molar-refractivity contribution in [3.05, 3.63) is 35.6 Å². The molecule has 0 saturated carbocycles. The van der Waals surface area contributed by atoms with E-state index >= 15 is 0 Å². The van der Waals surface area contributed by atoms with Crippen LogP contribution in [0.1, 0.15) is 5.56 Å². The highest BCUT2D eigenvalue weighted by Crippen LogP contribution is 2.01. The van der Waals surface area contributed by atoms with Gasteiger partial charge in [-0.05, 0) is 24.3 Å². The zero-order valence-electron chi connectivity index (χ0n) is 8.61. The van der Waals surface area contributed by atoms with E-state index in [9.17, 15) is 9.18 Å². The van der Waals surface area contributed by atoms with Crippen molar-refractivity contribution in [3.63, 3.8) is 0 Å². The molecule has 0 spiro atoms. The van der Waals surface area contributed by atoms with E-state index in [2.05, 4.69) is 12.2 Å². The minimum atomic E-state index is -0.278. The van der Waals surface area contributed by atoms with Crippen molar-refractivity contribution < 1.29 is 9.18 Å². The molecule has 0 fully saturated rings. The van der Waals surface area contributed by atoms with Crippen molar-refractivity contribution in [2.45, 2.75) is 0 Å². The normalized spacial score (nSPS) is 8.47. The first-order valence-corrected chi connectivity index (χ1v) is 4.55. The van der Waals surface area contributed by atoms with Gasteiger partial charge in [0.1, 0.15) is 10.8 Å². The monoisotopic (exact) mass is 228 g/mol. The number of rotatable bonds is 2. The summed E-state index contributed by atoms with van der Waals surface area (Å²) in [5.74, 6) is -0.278. The molecule has 0 bridgehead atoms. The minimum absolute atomic E-state index is 0.278. The van der Waals surface area contributed by atoms with Crippen LogP contribution in [-0.4, -0.2) is 30.4 Å². The third-order valence-electron chi connectivity index (χ3n) is 1.34. The molecule has 5 heteroatoms. The number of nitrogens with two attached hydrogens (primary N) is 1. The number of carbonyl (C=O) groups excluding carboxylic acids is 1. The Labute approximate surface area is 93.7 Å². The summed E-state index contributed by atoms with van der Waals surface area (Å²) in [6.45, 7) is 0. The SMILES string of the molecule is CN(C)C=O.NC(=S)c1ccc(F)cc1. The third-order valence-corrected chi connectivity index (χ3v) is 1.58. The van der Waals surface area contributed by atoms with Crippen LogP contribution in [0.3, 0.4) is 0 Å². The molecule has 1 amide bonds. The van der Waals surface area contributed by atoms with E-state index in [1.807, 2.05) is 0 Å². The molecule has 0 radical (unpaired) electrons. The second-order valence-corrected chi connectivity index (χ2v) is 3.38. The largest absolute Gasteiger partial charge is 0.389 e. The maximum absolute atomic E-state index is 12.3. The van der Waals surface area contributed by atoms with E-state index in [0.29, 0.717) is 10.6 Å². The predicted octanol–water partition coefficient (Wildman–Crippen LogP) is 1.16. The molecule has 0 aliphatic heterocycles. The van der Waals surface area contributed by atoms with Crippen molar-refractivity contribution in [1.82, 2.24) is 4.90 Å². The van der Waals surface area contributed by atoms with Crippen LogP contribution >= 0.6 is 12.2 Å². The molecule has 1 aromatic rings. The van der Waals surface area contributed by atoms with Gasteiger partial charge in [0.15, 0.2) is 0 Å². The highest BCUT2D eigenvalue weighted by atomic mass is 32.1. The van der Waals surface area contributed by atoms with Gasteiger partial charge in [0.05, 0.1) is 0 Å². The summed E-state index contributed by atoms with van der Waals surface area (Å²) in [4.78, 5) is 11.2. The van der Waals surface area contributed by atoms with E-state index in [4.69, 9.17) is 5.73 Å². The zero-order valence-corrected chi connectivity index (χ0v) is 9.42. The van der Waals surface area contributed by atoms with E-state index < -0.39 is 0 Å². The summed E-state index contributed by atoms with van der Waals surface area (Å²) in [5, 5.41) is 0. The smallest absolute Gasteiger partial charge is 0.209 e. The fourth-order valence-electron chi connectivity index (χ4n) is 0.614. The van der Waals surface area contributed by atoms with Gasteiger partial charge in [-0.1, -0.05) is 12.2 Å². The highest BCUT2D eigenvalue weighted by Gasteiger charge is 1.93. The quantitative estimate of drug-likeness (QED) is 0.610. The number of carbonyl (C=O) groups is 1. The van der Waals surface area contributed by atoms with E-state index in [1.54, 1.807) is 26.2 Å². The Kier molecular flexibility index (Phi) is 6.21. The topological polar surface area (TPSA) is 46.3 Å². The lowest BCUT2D eigenvalue weighted by Gasteiger charge is -1.94. The summed E-state index contributed by atoms with van der Waals surface area (Å²) < 4.78 is 12.3. The Morgan fingerprint density at radius 2 is 1.80 bits per heavy atom. The Morgan fingerprint density at radius 1 is 1.40 bits per heavy atom. The average Bonchev–Trinajstić information content (AvgIpc) is 2.19. The minimum Gasteiger partial charge on any atom is -0.389 e. The van der Waals surface area contributed by atoms with E-state index in [0.717, 1.165) is 6.41 Å². The molecule has 82 valence electrons. The maximum atomic E-state index is 12.3. The van der Waals surface area contributed by atoms with Gasteiger partial charge in [-0.2, -0.15) is 0 Å². The van der Waals surface area contributed by atoms with Crippen LogP contribution in [0.4, 0.5) is 4.39 Å². The first-order chi connectivity index (χ1) is 6.97. The Hall–Kier alpha value is -1.49. The van der Waals surface area contributed by atoms with Gasteiger partial charge >= 0.3 is 0 Å². The number of hydrogen-bond donors (Lipinski definition) is 1. The molecular weight excluding hydrogens is 215 g/mol. The predicted molar refractivity (Wildman–Crippen MR) is 62.0 cm³/mol. The first-order valence-electron chi connectivity index (χ1n) is 4.14. The Balaban J connectivity index is 0.000000336. The second-order valence-electron chi connectivity index (χ2n) is 2.94. The van der Waals surface area contributed by atoms with Crippen LogP contribution in [0, 0.1) is 5.82 Å². The lowest BCUT2D eigenvalue weighted by atomic mass is 10.2. The molecule has 0 aliphatic carbocycles. The number of thiocarbonyl (C=S) groups is 1. The van der Waals surface area contributed by atoms with Crippen molar-refractivity contribution >= 4 is 23.6 Å². The van der Waals surface area contributed by atoms with Gasteiger partial charge in [-0.15, -0.1) is 0 Å². The molecule has 0 aliphatic rings. The number of nitrogens with zero attached hydrogens (tertiary/aromatic N) is 1. The number of benzene rings is 1. The fourth-order valence-corrected chi connectivity index (χ4v) is 0.750. The molecule has 0 unspecified atom stereocenters. The molecule has 2 N–H and O–H groups in total. The summed E-state index contributed by atoms with van der Waals surface area (Å²) in [5.41, 5.74) is 5.96. The van der Waals surface area contributed by atoms with Crippen LogP contribution in [0.25, 0.3) is 0 Å². The number of amides is 1. The number of hydrogen-bond acceptors (Lipinski definition) is 2. The van der Waals surface area contributed by atoms with Crippen molar-refractivity contribution in [2.75, 3.05) is 14.1 Å². The lowest BCUT2D eigenvalue weighted by molar-refractivity contribution is -0.115. The van der Waals surface area contributed by atoms with Crippen molar-refractivity contribution in [3.8, 4) is 0 Å². The Morgan fingerprint density at radius 3 is 2.07 bits per heavy atom. The van der Waals surface area contributed by atoms with Gasteiger partial charge in [0.25, 0.3) is 0 Å². The molecular formula is C10H13FN2OS. The molecule has 0 saturated heterocycles. The second kappa shape index (κ2) is 6.89. The molecule has 1 aromatic carbocycles. The summed E-state index contributed by atoms with van der Waals surface area (Å²) in [6.07, 6.45) is 0.750. The standard InChI is InChI=1S/C7H6FNS.C3H7NO/c8-6-3-1-5(2-4-6)7(9)10;1-4(2)3-5/h1-4H,(H2,9,10);3H,1-2H3. The number of halogens is 1. The van der Waals surface area contributed by atoms with Crippen molar-refractivity contribution in [2.24, 2.45) is 5.73 Å². The van der Waals surface area contributed by atoms with Crippen molar-refractivity contribution in [1.29, 1.82) is 0 Å². The van der Waals surface area contributed by atoms with Gasteiger partial charge in [-0.3, -0.25) is 4.79 Å². The van der Waals surface area contributed by atoms with Gasteiger partial charge in [0, 0.05) is 19.7 Å². The van der Waals surface area contributed by atoms with Crippen LogP contribution in [0.5, 0.6) is 0 Å². The molecule has 3 nitrogen and oxygen atoms in total. The molecule has 0 heterocycles. The first kappa shape index (κ1) is 13.5. The van der Waals surface area contributed by atoms with E-state index in [-0.39, 0.29) is 5.82 Å². The van der Waals surface area contributed by atoms with Crippen LogP contribution in [0.2, 0.25) is 0 Å². The molecule has 0 aromatic heterocycles. The van der Waals surface area contributed by atoms with Crippen LogP contribution in [0.15, 0.2) is 24.3 Å². The Bertz CT molecular complexity index is 325. The summed E-state index contributed by atoms with van der Waals surface area (Å²) >= 11 is 4.66. The summed E-state index contributed by atoms with van der Waals surface area (Å²) in [6, 6.07) is 5.76. The molecule has 1 rings (SSSR count). The highest BCUT2D eigenvalue weighted by molar-refractivity contribution is 7.80. The van der Waals surface area contributed by atoms with Gasteiger partial charge in [0.2, 0.25) is 6.41 Å². The van der Waals surface area contributed by atoms with Crippen LogP contribution in [-0.2, 0) is 4.79 Å². The third kappa shape index (κ3) is 6.56. The average molecular weight is 228 g/mol. The molecule has 15 heavy (non-hydrogen) atoms.